The molecule has 1 heterocycles. The average Bonchev–Trinajstić information content (AvgIpc) is 2.58. The topological polar surface area (TPSA) is 41.9 Å². The van der Waals surface area contributed by atoms with Gasteiger partial charge < -0.3 is 9.64 Å². The van der Waals surface area contributed by atoms with E-state index in [4.69, 9.17) is 4.74 Å². The van der Waals surface area contributed by atoms with Crippen molar-refractivity contribution in [3.05, 3.63) is 35.4 Å². The number of amides is 1. The summed E-state index contributed by atoms with van der Waals surface area (Å²) in [5.41, 5.74) is 2.28. The highest BCUT2D eigenvalue weighted by molar-refractivity contribution is 6.03. The number of rotatable bonds is 4. The first kappa shape index (κ1) is 18.5. The molecule has 0 spiro atoms. The molecule has 1 aliphatic heterocycles. The predicted octanol–water partition coefficient (Wildman–Crippen LogP) is 4.84. The number of carbonyl (C=O) groups is 1. The number of piperidine rings is 1. The maximum atomic E-state index is 12.1. The summed E-state index contributed by atoms with van der Waals surface area (Å²) in [6.07, 6.45) is 3.04. The lowest BCUT2D eigenvalue weighted by atomic mass is 10.0. The van der Waals surface area contributed by atoms with E-state index in [0.717, 1.165) is 37.3 Å². The number of amidine groups is 1. The van der Waals surface area contributed by atoms with Gasteiger partial charge in [0.2, 0.25) is 0 Å². The van der Waals surface area contributed by atoms with E-state index in [1.54, 1.807) is 0 Å². The summed E-state index contributed by atoms with van der Waals surface area (Å²) in [6, 6.07) is 8.38. The summed E-state index contributed by atoms with van der Waals surface area (Å²) in [4.78, 5) is 18.6. The van der Waals surface area contributed by atoms with Crippen LogP contribution in [-0.2, 0) is 4.74 Å². The second kappa shape index (κ2) is 8.86. The Morgan fingerprint density at radius 2 is 1.71 bits per heavy atom. The Morgan fingerprint density at radius 1 is 1.08 bits per heavy atom. The van der Waals surface area contributed by atoms with E-state index in [-0.39, 0.29) is 0 Å². The van der Waals surface area contributed by atoms with Crippen molar-refractivity contribution < 1.29 is 9.53 Å². The zero-order valence-corrected chi connectivity index (χ0v) is 15.4. The second-order valence-corrected chi connectivity index (χ2v) is 7.23. The number of nitrogens with zero attached hydrogens (tertiary/aromatic N) is 2. The van der Waals surface area contributed by atoms with Gasteiger partial charge in [-0.1, -0.05) is 52.0 Å². The number of hydrogen-bond acceptors (Lipinski definition) is 2. The molecule has 1 aromatic rings. The van der Waals surface area contributed by atoms with Gasteiger partial charge in [-0.2, -0.15) is 4.99 Å². The molecule has 1 saturated heterocycles. The van der Waals surface area contributed by atoms with Crippen molar-refractivity contribution in [2.75, 3.05) is 19.7 Å². The maximum Gasteiger partial charge on any atom is 0.435 e. The molecule has 0 aromatic heterocycles. The fraction of sp³-hybridized carbons (Fsp3) is 0.600. The molecule has 1 aromatic carbocycles. The molecule has 24 heavy (non-hydrogen) atoms. The van der Waals surface area contributed by atoms with Gasteiger partial charge in [-0.15, -0.1) is 0 Å². The smallest absolute Gasteiger partial charge is 0.435 e. The number of aliphatic imine (C=N–C) groups is 1. The normalized spacial score (nSPS) is 15.9. The van der Waals surface area contributed by atoms with Crippen LogP contribution in [-0.4, -0.2) is 36.5 Å². The molecule has 0 unspecified atom stereocenters. The number of likely N-dealkylation sites (tertiary alicyclic amines) is 1. The van der Waals surface area contributed by atoms with E-state index in [9.17, 15) is 4.79 Å². The molecule has 1 amide bonds. The quantitative estimate of drug-likeness (QED) is 0.586. The fourth-order valence-electron chi connectivity index (χ4n) is 2.80. The van der Waals surface area contributed by atoms with Gasteiger partial charge in [-0.25, -0.2) is 4.79 Å². The van der Waals surface area contributed by atoms with Gasteiger partial charge in [0, 0.05) is 18.7 Å². The summed E-state index contributed by atoms with van der Waals surface area (Å²) < 4.78 is 5.26. The van der Waals surface area contributed by atoms with Crippen molar-refractivity contribution in [3.8, 4) is 0 Å². The largest absolute Gasteiger partial charge is 0.448 e. The standard InChI is InChI=1S/C20H30N2O2/c1-15(2)14-24-20(23)21-19(22-12-6-5-7-13-22)18-10-8-17(9-11-18)16(3)4/h8-11,15-16H,5-7,12-14H2,1-4H3/b21-19-. The summed E-state index contributed by atoms with van der Waals surface area (Å²) in [5.74, 6) is 1.55. The zero-order chi connectivity index (χ0) is 17.5. The third-order valence-electron chi connectivity index (χ3n) is 4.23. The van der Waals surface area contributed by atoms with Crippen LogP contribution < -0.4 is 0 Å². The van der Waals surface area contributed by atoms with E-state index in [1.165, 1.54) is 12.0 Å². The molecular formula is C20H30N2O2. The highest BCUT2D eigenvalue weighted by Crippen LogP contribution is 2.18. The summed E-state index contributed by atoms with van der Waals surface area (Å²) in [7, 11) is 0. The molecule has 1 aliphatic rings. The minimum Gasteiger partial charge on any atom is -0.448 e. The Balaban J connectivity index is 2.23. The number of benzene rings is 1. The molecule has 4 nitrogen and oxygen atoms in total. The van der Waals surface area contributed by atoms with Crippen LogP contribution in [0.2, 0.25) is 0 Å². The molecule has 0 saturated carbocycles. The fourth-order valence-corrected chi connectivity index (χ4v) is 2.80. The van der Waals surface area contributed by atoms with Crippen LogP contribution >= 0.6 is 0 Å². The minimum absolute atomic E-state index is 0.313. The Labute approximate surface area is 145 Å². The van der Waals surface area contributed by atoms with Crippen LogP contribution in [0.3, 0.4) is 0 Å². The molecule has 0 aliphatic carbocycles. The zero-order valence-electron chi connectivity index (χ0n) is 15.4. The van der Waals surface area contributed by atoms with Crippen molar-refractivity contribution in [2.45, 2.75) is 52.9 Å². The van der Waals surface area contributed by atoms with Crippen LogP contribution in [0.15, 0.2) is 29.3 Å². The Kier molecular flexibility index (Phi) is 6.83. The lowest BCUT2D eigenvalue weighted by molar-refractivity contribution is 0.143. The maximum absolute atomic E-state index is 12.1. The van der Waals surface area contributed by atoms with Crippen LogP contribution in [0.1, 0.15) is 64.0 Å². The van der Waals surface area contributed by atoms with Crippen molar-refractivity contribution in [3.63, 3.8) is 0 Å². The molecule has 0 N–H and O–H groups in total. The number of hydrogen-bond donors (Lipinski definition) is 0. The van der Waals surface area contributed by atoms with E-state index in [0.29, 0.717) is 18.4 Å². The molecule has 0 atom stereocenters. The monoisotopic (exact) mass is 330 g/mol. The average molecular weight is 330 g/mol. The number of ether oxygens (including phenoxy) is 1. The third-order valence-corrected chi connectivity index (χ3v) is 4.23. The van der Waals surface area contributed by atoms with Crippen molar-refractivity contribution in [2.24, 2.45) is 10.9 Å². The predicted molar refractivity (Wildman–Crippen MR) is 98.7 cm³/mol. The van der Waals surface area contributed by atoms with Gasteiger partial charge in [-0.05, 0) is 36.7 Å². The molecule has 1 fully saturated rings. The van der Waals surface area contributed by atoms with Crippen molar-refractivity contribution in [1.29, 1.82) is 0 Å². The summed E-state index contributed by atoms with van der Waals surface area (Å²) in [6.45, 7) is 10.7. The molecule has 132 valence electrons. The van der Waals surface area contributed by atoms with Crippen molar-refractivity contribution in [1.82, 2.24) is 4.90 Å². The van der Waals surface area contributed by atoms with Crippen molar-refractivity contribution >= 4 is 11.9 Å². The summed E-state index contributed by atoms with van der Waals surface area (Å²) in [5, 5.41) is 0. The SMILES string of the molecule is CC(C)COC(=O)/N=C(/c1ccc(C(C)C)cc1)N1CCCCC1. The van der Waals surface area contributed by atoms with Gasteiger partial charge in [0.25, 0.3) is 0 Å². The first-order chi connectivity index (χ1) is 11.5. The first-order valence-corrected chi connectivity index (χ1v) is 9.08. The van der Waals surface area contributed by atoms with Gasteiger partial charge in [0.1, 0.15) is 5.84 Å². The van der Waals surface area contributed by atoms with E-state index in [1.807, 2.05) is 13.8 Å². The third kappa shape index (κ3) is 5.36. The first-order valence-electron chi connectivity index (χ1n) is 9.08. The van der Waals surface area contributed by atoms with E-state index in [2.05, 4.69) is 48.0 Å². The molecule has 0 radical (unpaired) electrons. The molecule has 2 rings (SSSR count). The summed E-state index contributed by atoms with van der Waals surface area (Å²) >= 11 is 0. The van der Waals surface area contributed by atoms with E-state index < -0.39 is 6.09 Å². The molecular weight excluding hydrogens is 300 g/mol. The number of carbonyl (C=O) groups excluding carboxylic acids is 1. The highest BCUT2D eigenvalue weighted by Gasteiger charge is 2.18. The Hall–Kier alpha value is -1.84. The second-order valence-electron chi connectivity index (χ2n) is 7.23. The van der Waals surface area contributed by atoms with Crippen LogP contribution in [0.5, 0.6) is 0 Å². The minimum atomic E-state index is -0.489. The van der Waals surface area contributed by atoms with Gasteiger partial charge in [0.05, 0.1) is 6.61 Å². The molecule has 0 bridgehead atoms. The molecule has 4 heteroatoms. The van der Waals surface area contributed by atoms with Gasteiger partial charge >= 0.3 is 6.09 Å². The lowest BCUT2D eigenvalue weighted by Crippen LogP contribution is -2.37. The van der Waals surface area contributed by atoms with Gasteiger partial charge in [0.15, 0.2) is 0 Å². The lowest BCUT2D eigenvalue weighted by Gasteiger charge is -2.29. The van der Waals surface area contributed by atoms with Crippen LogP contribution in [0.25, 0.3) is 0 Å². The highest BCUT2D eigenvalue weighted by atomic mass is 16.5. The van der Waals surface area contributed by atoms with E-state index >= 15 is 0 Å². The Morgan fingerprint density at radius 3 is 2.25 bits per heavy atom. The van der Waals surface area contributed by atoms with Crippen LogP contribution in [0.4, 0.5) is 4.79 Å². The Bertz CT molecular complexity index is 556. The van der Waals surface area contributed by atoms with Crippen LogP contribution in [0, 0.1) is 5.92 Å². The van der Waals surface area contributed by atoms with Gasteiger partial charge in [-0.3, -0.25) is 0 Å².